The molecule has 0 radical (unpaired) electrons. The molecule has 10 heteroatoms. The van der Waals surface area contributed by atoms with Crippen LogP contribution in [-0.2, 0) is 9.57 Å². The molecule has 0 amide bonds. The molecule has 1 atom stereocenters. The first kappa shape index (κ1) is 17.5. The van der Waals surface area contributed by atoms with Crippen molar-refractivity contribution in [2.45, 2.75) is 18.4 Å². The highest BCUT2D eigenvalue weighted by atomic mass is 32.1. The summed E-state index contributed by atoms with van der Waals surface area (Å²) in [6, 6.07) is 2.71. The van der Waals surface area contributed by atoms with Crippen LogP contribution in [0.5, 0.6) is 0 Å². The Morgan fingerprint density at radius 2 is 1.96 bits per heavy atom. The molecule has 1 aliphatic heterocycles. The van der Waals surface area contributed by atoms with E-state index in [0.29, 0.717) is 6.07 Å². The van der Waals surface area contributed by atoms with E-state index in [4.69, 9.17) is 21.8 Å². The van der Waals surface area contributed by atoms with Crippen molar-refractivity contribution in [2.24, 2.45) is 5.16 Å². The molecule has 0 spiro atoms. The van der Waals surface area contributed by atoms with Gasteiger partial charge < -0.3 is 14.9 Å². The fraction of sp³-hybridized carbons (Fsp3) is 0.385. The number of nitrogens with zero attached hydrogens (tertiary/aromatic N) is 1. The van der Waals surface area contributed by atoms with Crippen LogP contribution in [0.2, 0.25) is 0 Å². The molecule has 1 aromatic rings. The van der Waals surface area contributed by atoms with Crippen molar-refractivity contribution < 1.29 is 31.5 Å². The second-order valence-corrected chi connectivity index (χ2v) is 5.13. The van der Waals surface area contributed by atoms with Crippen LogP contribution in [0.1, 0.15) is 12.0 Å². The van der Waals surface area contributed by atoms with Crippen LogP contribution in [0, 0.1) is 11.6 Å². The van der Waals surface area contributed by atoms with E-state index in [-0.39, 0.29) is 22.7 Å². The van der Waals surface area contributed by atoms with E-state index >= 15 is 0 Å². The van der Waals surface area contributed by atoms with Gasteiger partial charge in [0.1, 0.15) is 18.2 Å². The van der Waals surface area contributed by atoms with Gasteiger partial charge in [0.05, 0.1) is 12.1 Å². The van der Waals surface area contributed by atoms with Gasteiger partial charge in [-0.1, -0.05) is 17.4 Å². The maximum atomic E-state index is 13.2. The number of oxime groups is 1. The Hall–Kier alpha value is -1.81. The molecule has 0 saturated carbocycles. The Labute approximate surface area is 133 Å². The fourth-order valence-electron chi connectivity index (χ4n) is 1.93. The average Bonchev–Trinajstić information content (AvgIpc) is 2.89. The number of ether oxygens (including phenoxy) is 1. The molecule has 0 aromatic heterocycles. The van der Waals surface area contributed by atoms with Crippen LogP contribution in [0.3, 0.4) is 0 Å². The van der Waals surface area contributed by atoms with Crippen molar-refractivity contribution in [3.05, 3.63) is 35.4 Å². The molecule has 1 heterocycles. The van der Waals surface area contributed by atoms with Gasteiger partial charge in [-0.15, -0.1) is 0 Å². The monoisotopic (exact) mass is 354 g/mol. The maximum absolute atomic E-state index is 13.2. The summed E-state index contributed by atoms with van der Waals surface area (Å²) in [5.41, 5.74) is 0.182. The van der Waals surface area contributed by atoms with Gasteiger partial charge in [0.15, 0.2) is 4.99 Å². The molecule has 1 unspecified atom stereocenters. The lowest BCUT2D eigenvalue weighted by atomic mass is 10.0. The Bertz CT molecular complexity index is 629. The summed E-state index contributed by atoms with van der Waals surface area (Å²) in [5, 5.41) is 5.61. The molecule has 1 N–H and O–H groups in total. The van der Waals surface area contributed by atoms with Gasteiger partial charge in [0.25, 0.3) is 5.79 Å². The van der Waals surface area contributed by atoms with Crippen molar-refractivity contribution >= 4 is 22.9 Å². The fourth-order valence-corrected chi connectivity index (χ4v) is 2.19. The maximum Gasteiger partial charge on any atom is 0.405 e. The third-order valence-electron chi connectivity index (χ3n) is 3.02. The Balaban J connectivity index is 2.14. The molecule has 0 saturated heterocycles. The zero-order chi connectivity index (χ0) is 17.3. The van der Waals surface area contributed by atoms with Crippen LogP contribution in [0.4, 0.5) is 22.0 Å². The summed E-state index contributed by atoms with van der Waals surface area (Å²) in [5.74, 6) is -3.40. The van der Waals surface area contributed by atoms with Gasteiger partial charge in [-0.3, -0.25) is 0 Å². The topological polar surface area (TPSA) is 42.8 Å². The molecule has 2 rings (SSSR count). The van der Waals surface area contributed by atoms with Gasteiger partial charge in [-0.25, -0.2) is 8.78 Å². The van der Waals surface area contributed by atoms with Gasteiger partial charge in [-0.05, 0) is 12.1 Å². The predicted molar refractivity (Wildman–Crippen MR) is 75.0 cm³/mol. The minimum atomic E-state index is -4.48. The smallest absolute Gasteiger partial charge is 0.365 e. The number of thiocarbonyl (C=S) groups is 1. The Morgan fingerprint density at radius 3 is 2.48 bits per heavy atom. The van der Waals surface area contributed by atoms with Crippen molar-refractivity contribution in [3.8, 4) is 0 Å². The number of methoxy groups -OCH3 is 1. The first-order chi connectivity index (χ1) is 10.6. The standard InChI is InChI=1S/C13H11F5N2O2S/c1-21-12(11(23)19-6-13(16,17)18)5-10(20-22-12)7-2-8(14)4-9(15)3-7/h2-4H,5-6H2,1H3,(H,19,23). The molecule has 0 bridgehead atoms. The zero-order valence-corrected chi connectivity index (χ0v) is 12.5. The lowest BCUT2D eigenvalue weighted by molar-refractivity contribution is -0.156. The molecule has 0 fully saturated rings. The lowest BCUT2D eigenvalue weighted by Crippen LogP contribution is -2.49. The lowest BCUT2D eigenvalue weighted by Gasteiger charge is -2.26. The van der Waals surface area contributed by atoms with E-state index < -0.39 is 30.1 Å². The van der Waals surface area contributed by atoms with E-state index in [0.717, 1.165) is 12.1 Å². The molecular formula is C13H11F5N2O2S. The van der Waals surface area contributed by atoms with E-state index in [9.17, 15) is 22.0 Å². The molecule has 0 aliphatic carbocycles. The van der Waals surface area contributed by atoms with Crippen molar-refractivity contribution in [3.63, 3.8) is 0 Å². The highest BCUT2D eigenvalue weighted by Gasteiger charge is 2.45. The van der Waals surface area contributed by atoms with E-state index in [1.165, 1.54) is 7.11 Å². The number of hydrogen-bond donors (Lipinski definition) is 1. The van der Waals surface area contributed by atoms with Crippen molar-refractivity contribution in [1.82, 2.24) is 5.32 Å². The first-order valence-electron chi connectivity index (χ1n) is 6.27. The van der Waals surface area contributed by atoms with Crippen LogP contribution < -0.4 is 5.32 Å². The summed E-state index contributed by atoms with van der Waals surface area (Å²) >= 11 is 4.87. The van der Waals surface area contributed by atoms with E-state index in [1.54, 1.807) is 0 Å². The van der Waals surface area contributed by atoms with E-state index in [2.05, 4.69) is 5.16 Å². The van der Waals surface area contributed by atoms with Crippen molar-refractivity contribution in [1.29, 1.82) is 0 Å². The molecule has 4 nitrogen and oxygen atoms in total. The predicted octanol–water partition coefficient (Wildman–Crippen LogP) is 2.91. The number of halogens is 5. The third kappa shape index (κ3) is 4.14. The van der Waals surface area contributed by atoms with Gasteiger partial charge in [0.2, 0.25) is 0 Å². The summed E-state index contributed by atoms with van der Waals surface area (Å²) in [7, 11) is 1.17. The van der Waals surface area contributed by atoms with Gasteiger partial charge >= 0.3 is 6.18 Å². The summed E-state index contributed by atoms with van der Waals surface area (Å²) in [6.07, 6.45) is -4.68. The summed E-state index contributed by atoms with van der Waals surface area (Å²) in [4.78, 5) is 4.65. The number of alkyl halides is 3. The highest BCUT2D eigenvalue weighted by molar-refractivity contribution is 7.80. The Kier molecular flexibility index (Phi) is 4.85. The Morgan fingerprint density at radius 1 is 1.35 bits per heavy atom. The van der Waals surface area contributed by atoms with Crippen LogP contribution >= 0.6 is 12.2 Å². The molecule has 23 heavy (non-hydrogen) atoms. The molecule has 1 aliphatic rings. The minimum absolute atomic E-state index is 0.0834. The molecular weight excluding hydrogens is 343 g/mol. The highest BCUT2D eigenvalue weighted by Crippen LogP contribution is 2.29. The SMILES string of the molecule is COC1(C(=S)NCC(F)(F)F)CC(c2cc(F)cc(F)c2)=NO1. The van der Waals surface area contributed by atoms with Gasteiger partial charge in [0, 0.05) is 18.7 Å². The van der Waals surface area contributed by atoms with Gasteiger partial charge in [-0.2, -0.15) is 13.2 Å². The first-order valence-corrected chi connectivity index (χ1v) is 6.68. The third-order valence-corrected chi connectivity index (χ3v) is 3.48. The molecule has 126 valence electrons. The number of benzene rings is 1. The van der Waals surface area contributed by atoms with Crippen molar-refractivity contribution in [2.75, 3.05) is 13.7 Å². The van der Waals surface area contributed by atoms with E-state index in [1.807, 2.05) is 5.32 Å². The average molecular weight is 354 g/mol. The van der Waals surface area contributed by atoms with Crippen LogP contribution in [0.25, 0.3) is 0 Å². The normalized spacial score (nSPS) is 20.9. The zero-order valence-electron chi connectivity index (χ0n) is 11.7. The second-order valence-electron chi connectivity index (χ2n) is 4.72. The number of hydrogen-bond acceptors (Lipinski definition) is 4. The second kappa shape index (κ2) is 6.36. The van der Waals surface area contributed by atoms with Crippen LogP contribution in [0.15, 0.2) is 23.4 Å². The summed E-state index contributed by atoms with van der Waals surface area (Å²) in [6.45, 7) is -1.37. The van der Waals surface area contributed by atoms with Crippen LogP contribution in [-0.4, -0.2) is 36.3 Å². The quantitative estimate of drug-likeness (QED) is 0.667. The number of nitrogens with one attached hydrogen (secondary N) is 1. The number of rotatable bonds is 4. The minimum Gasteiger partial charge on any atom is -0.365 e. The molecule has 1 aromatic carbocycles. The largest absolute Gasteiger partial charge is 0.405 e. The summed E-state index contributed by atoms with van der Waals surface area (Å²) < 4.78 is 68.3.